The first-order valence-corrected chi connectivity index (χ1v) is 9.33. The van der Waals surface area contributed by atoms with E-state index in [-0.39, 0.29) is 0 Å². The van der Waals surface area contributed by atoms with Gasteiger partial charge in [0.15, 0.2) is 0 Å². The highest BCUT2D eigenvalue weighted by atomic mass is 15.1. The van der Waals surface area contributed by atoms with Crippen molar-refractivity contribution in [2.45, 2.75) is 45.2 Å². The van der Waals surface area contributed by atoms with Crippen LogP contribution in [0.4, 0.5) is 0 Å². The molecule has 4 heterocycles. The molecule has 2 aliphatic heterocycles. The summed E-state index contributed by atoms with van der Waals surface area (Å²) in [7, 11) is 2.26. The normalized spacial score (nSPS) is 23.0. The summed E-state index contributed by atoms with van der Waals surface area (Å²) >= 11 is 0. The van der Waals surface area contributed by atoms with Crippen LogP contribution < -0.4 is 0 Å². The van der Waals surface area contributed by atoms with Crippen molar-refractivity contribution >= 4 is 10.9 Å². The number of benzene rings is 1. The van der Waals surface area contributed by atoms with Crippen LogP contribution in [-0.2, 0) is 13.1 Å². The molecule has 0 fully saturated rings. The first-order valence-electron chi connectivity index (χ1n) is 9.33. The number of nitrogens with zero attached hydrogens (tertiary/aromatic N) is 3. The van der Waals surface area contributed by atoms with Crippen molar-refractivity contribution in [3.05, 3.63) is 64.6 Å². The van der Waals surface area contributed by atoms with Gasteiger partial charge in [0, 0.05) is 60.0 Å². The Labute approximate surface area is 149 Å². The molecule has 0 spiro atoms. The lowest BCUT2D eigenvalue weighted by molar-refractivity contribution is 0.244. The number of aromatic nitrogens is 2. The SMILES string of the molecule is Cc1ccc2c(c1)c1c3n2CC(c2ccc(C)nc2)CC3CN(C)C1. The first kappa shape index (κ1) is 15.2. The van der Waals surface area contributed by atoms with E-state index >= 15 is 0 Å². The molecule has 128 valence electrons. The zero-order chi connectivity index (χ0) is 17.1. The van der Waals surface area contributed by atoms with Crippen molar-refractivity contribution in [2.75, 3.05) is 13.6 Å². The van der Waals surface area contributed by atoms with Crippen molar-refractivity contribution in [1.29, 1.82) is 0 Å². The Morgan fingerprint density at radius 1 is 1.04 bits per heavy atom. The maximum absolute atomic E-state index is 4.55. The second kappa shape index (κ2) is 5.43. The van der Waals surface area contributed by atoms with Gasteiger partial charge in [0.25, 0.3) is 0 Å². The average Bonchev–Trinajstić information content (AvgIpc) is 2.89. The summed E-state index contributed by atoms with van der Waals surface area (Å²) in [5.41, 5.74) is 8.44. The molecule has 25 heavy (non-hydrogen) atoms. The molecule has 0 bridgehead atoms. The molecular formula is C22H25N3. The van der Waals surface area contributed by atoms with Crippen molar-refractivity contribution in [1.82, 2.24) is 14.5 Å². The Bertz CT molecular complexity index is 952. The van der Waals surface area contributed by atoms with Gasteiger partial charge >= 0.3 is 0 Å². The molecule has 0 radical (unpaired) electrons. The molecule has 3 nitrogen and oxygen atoms in total. The fourth-order valence-corrected chi connectivity index (χ4v) is 4.97. The van der Waals surface area contributed by atoms with E-state index in [9.17, 15) is 0 Å². The lowest BCUT2D eigenvalue weighted by atomic mass is 9.81. The van der Waals surface area contributed by atoms with Gasteiger partial charge in [0.2, 0.25) is 0 Å². The fourth-order valence-electron chi connectivity index (χ4n) is 4.97. The second-order valence-corrected chi connectivity index (χ2v) is 8.05. The largest absolute Gasteiger partial charge is 0.343 e. The van der Waals surface area contributed by atoms with E-state index in [1.807, 2.05) is 0 Å². The van der Waals surface area contributed by atoms with Crippen LogP contribution in [0.5, 0.6) is 0 Å². The molecular weight excluding hydrogens is 306 g/mol. The highest BCUT2D eigenvalue weighted by Crippen LogP contribution is 2.45. The Balaban J connectivity index is 1.68. The standard InChI is InChI=1S/C22H25N3/c1-14-4-7-21-19(8-14)20-13-24(3)11-18-9-17(12-25(21)22(18)20)16-6-5-15(2)23-10-16/h4-8,10,17-18H,9,11-13H2,1-3H3. The number of fused-ring (bicyclic) bond motifs is 3. The monoisotopic (exact) mass is 331 g/mol. The van der Waals surface area contributed by atoms with Crippen LogP contribution in [0.2, 0.25) is 0 Å². The van der Waals surface area contributed by atoms with E-state index in [1.165, 1.54) is 28.5 Å². The molecule has 2 aromatic heterocycles. The number of hydrogen-bond acceptors (Lipinski definition) is 2. The minimum atomic E-state index is 0.557. The lowest BCUT2D eigenvalue weighted by Crippen LogP contribution is -2.35. The van der Waals surface area contributed by atoms with Crippen molar-refractivity contribution in [3.63, 3.8) is 0 Å². The summed E-state index contributed by atoms with van der Waals surface area (Å²) in [6.07, 6.45) is 3.33. The quantitative estimate of drug-likeness (QED) is 0.660. The number of aryl methyl sites for hydroxylation is 2. The van der Waals surface area contributed by atoms with Crippen molar-refractivity contribution < 1.29 is 0 Å². The predicted molar refractivity (Wildman–Crippen MR) is 102 cm³/mol. The molecule has 0 saturated heterocycles. The smallest absolute Gasteiger partial charge is 0.0486 e. The van der Waals surface area contributed by atoms with Crippen molar-refractivity contribution in [3.8, 4) is 0 Å². The van der Waals surface area contributed by atoms with Crippen molar-refractivity contribution in [2.24, 2.45) is 0 Å². The topological polar surface area (TPSA) is 21.1 Å². The third kappa shape index (κ3) is 2.33. The van der Waals surface area contributed by atoms with Gasteiger partial charge in [-0.25, -0.2) is 0 Å². The van der Waals surface area contributed by atoms with Gasteiger partial charge in [-0.3, -0.25) is 4.98 Å². The molecule has 2 aliphatic rings. The fraction of sp³-hybridized carbons (Fsp3) is 0.409. The minimum absolute atomic E-state index is 0.557. The van der Waals surface area contributed by atoms with E-state index in [0.29, 0.717) is 11.8 Å². The van der Waals surface area contributed by atoms with Crippen LogP contribution in [0, 0.1) is 13.8 Å². The Kier molecular flexibility index (Phi) is 3.29. The van der Waals surface area contributed by atoms with Crippen LogP contribution in [0.15, 0.2) is 36.5 Å². The van der Waals surface area contributed by atoms with Gasteiger partial charge in [0.1, 0.15) is 0 Å². The second-order valence-electron chi connectivity index (χ2n) is 8.05. The lowest BCUT2D eigenvalue weighted by Gasteiger charge is -2.38. The highest BCUT2D eigenvalue weighted by molar-refractivity contribution is 5.87. The first-order chi connectivity index (χ1) is 12.1. The Hall–Kier alpha value is -2.13. The van der Waals surface area contributed by atoms with Crippen LogP contribution in [-0.4, -0.2) is 28.0 Å². The molecule has 1 aromatic carbocycles. The molecule has 5 rings (SSSR count). The molecule has 3 heteroatoms. The molecule has 3 aromatic rings. The van der Waals surface area contributed by atoms with Crippen LogP contribution in [0.25, 0.3) is 10.9 Å². The molecule has 0 N–H and O–H groups in total. The minimum Gasteiger partial charge on any atom is -0.343 e. The third-order valence-electron chi connectivity index (χ3n) is 6.09. The number of hydrogen-bond donors (Lipinski definition) is 0. The molecule has 0 aliphatic carbocycles. The number of rotatable bonds is 1. The Morgan fingerprint density at radius 3 is 2.72 bits per heavy atom. The zero-order valence-corrected chi connectivity index (χ0v) is 15.3. The van der Waals surface area contributed by atoms with Gasteiger partial charge in [-0.15, -0.1) is 0 Å². The molecule has 2 unspecified atom stereocenters. The van der Waals surface area contributed by atoms with E-state index in [4.69, 9.17) is 0 Å². The van der Waals surface area contributed by atoms with Crippen LogP contribution in [0.1, 0.15) is 46.3 Å². The summed E-state index contributed by atoms with van der Waals surface area (Å²) in [5.74, 6) is 1.18. The number of likely N-dealkylation sites (N-methyl/N-ethyl adjacent to an activating group) is 1. The average molecular weight is 331 g/mol. The van der Waals surface area contributed by atoms with Crippen LogP contribution in [0.3, 0.4) is 0 Å². The van der Waals surface area contributed by atoms with E-state index in [1.54, 1.807) is 11.3 Å². The maximum atomic E-state index is 4.55. The zero-order valence-electron chi connectivity index (χ0n) is 15.3. The molecule has 0 saturated carbocycles. The van der Waals surface area contributed by atoms with Gasteiger partial charge in [-0.05, 0) is 56.6 Å². The van der Waals surface area contributed by atoms with E-state index in [0.717, 1.165) is 25.3 Å². The summed E-state index contributed by atoms with van der Waals surface area (Å²) in [6.45, 7) is 7.59. The Morgan fingerprint density at radius 2 is 1.92 bits per heavy atom. The maximum Gasteiger partial charge on any atom is 0.0486 e. The van der Waals surface area contributed by atoms with Gasteiger partial charge in [0.05, 0.1) is 0 Å². The van der Waals surface area contributed by atoms with E-state index < -0.39 is 0 Å². The van der Waals surface area contributed by atoms with Crippen LogP contribution >= 0.6 is 0 Å². The molecule has 0 amide bonds. The summed E-state index contributed by atoms with van der Waals surface area (Å²) < 4.78 is 2.62. The summed E-state index contributed by atoms with van der Waals surface area (Å²) in [5, 5.41) is 1.47. The van der Waals surface area contributed by atoms with Gasteiger partial charge in [-0.2, -0.15) is 0 Å². The predicted octanol–water partition coefficient (Wildman–Crippen LogP) is 4.37. The van der Waals surface area contributed by atoms with Gasteiger partial charge in [-0.1, -0.05) is 17.7 Å². The summed E-state index contributed by atoms with van der Waals surface area (Å²) in [4.78, 5) is 7.04. The van der Waals surface area contributed by atoms with Gasteiger partial charge < -0.3 is 9.47 Å². The third-order valence-corrected chi connectivity index (χ3v) is 6.09. The summed E-state index contributed by atoms with van der Waals surface area (Å²) in [6, 6.07) is 11.4. The highest BCUT2D eigenvalue weighted by Gasteiger charge is 2.36. The van der Waals surface area contributed by atoms with E-state index in [2.05, 4.69) is 71.9 Å². The molecule has 2 atom stereocenters. The number of pyridine rings is 1.